The number of hydrogen-bond donors (Lipinski definition) is 1. The summed E-state index contributed by atoms with van der Waals surface area (Å²) in [5.41, 5.74) is 3.74. The number of nitrogens with one attached hydrogen (secondary N) is 1. The van der Waals surface area contributed by atoms with Gasteiger partial charge in [0.25, 0.3) is 5.91 Å². The fraction of sp³-hybridized carbons (Fsp3) is 0.476. The van der Waals surface area contributed by atoms with Crippen LogP contribution in [0.25, 0.3) is 0 Å². The number of aromatic nitrogens is 2. The molecule has 0 atom stereocenters. The van der Waals surface area contributed by atoms with Crippen LogP contribution in [0.4, 0.5) is 11.5 Å². The molecule has 1 spiro atoms. The van der Waals surface area contributed by atoms with Crippen LogP contribution in [0.2, 0.25) is 0 Å². The molecular formula is C21H26N4O3. The average Bonchev–Trinajstić information content (AvgIpc) is 3.13. The minimum atomic E-state index is -0.492. The molecule has 2 aromatic rings. The molecule has 2 fully saturated rings. The van der Waals surface area contributed by atoms with E-state index in [4.69, 9.17) is 9.47 Å². The van der Waals surface area contributed by atoms with E-state index in [1.807, 2.05) is 17.0 Å². The Hall–Kier alpha value is -2.51. The zero-order chi connectivity index (χ0) is 19.7. The van der Waals surface area contributed by atoms with Crippen LogP contribution in [0.5, 0.6) is 0 Å². The second-order valence-electron chi connectivity index (χ2n) is 7.46. The number of piperidine rings is 1. The molecule has 28 heavy (non-hydrogen) atoms. The molecular weight excluding hydrogens is 356 g/mol. The first-order chi connectivity index (χ1) is 13.5. The van der Waals surface area contributed by atoms with Crippen LogP contribution in [-0.2, 0) is 9.47 Å². The molecule has 7 heteroatoms. The number of rotatable bonds is 3. The van der Waals surface area contributed by atoms with Crippen LogP contribution in [0.3, 0.4) is 0 Å². The van der Waals surface area contributed by atoms with Gasteiger partial charge in [-0.15, -0.1) is 0 Å². The molecule has 0 aliphatic carbocycles. The first-order valence-corrected chi connectivity index (χ1v) is 9.72. The maximum Gasteiger partial charge on any atom is 0.272 e. The summed E-state index contributed by atoms with van der Waals surface area (Å²) in [5, 5.41) is 3.33. The quantitative estimate of drug-likeness (QED) is 0.879. The van der Waals surface area contributed by atoms with Gasteiger partial charge in [-0.2, -0.15) is 0 Å². The third-order valence-corrected chi connectivity index (χ3v) is 5.55. The number of anilines is 2. The Morgan fingerprint density at radius 3 is 2.54 bits per heavy atom. The Labute approximate surface area is 165 Å². The highest BCUT2D eigenvalue weighted by Gasteiger charge is 2.41. The fourth-order valence-corrected chi connectivity index (χ4v) is 3.76. The minimum absolute atomic E-state index is 0.0811. The zero-order valence-electron chi connectivity index (χ0n) is 16.6. The van der Waals surface area contributed by atoms with Gasteiger partial charge in [0, 0.05) is 37.7 Å². The van der Waals surface area contributed by atoms with Crippen molar-refractivity contribution >= 4 is 17.4 Å². The predicted molar refractivity (Wildman–Crippen MR) is 106 cm³/mol. The molecule has 1 N–H and O–H groups in total. The van der Waals surface area contributed by atoms with E-state index in [1.165, 1.54) is 5.56 Å². The Balaban J connectivity index is 1.50. The van der Waals surface area contributed by atoms with E-state index in [9.17, 15) is 4.79 Å². The summed E-state index contributed by atoms with van der Waals surface area (Å²) in [6, 6.07) is 7.81. The number of hydrogen-bond acceptors (Lipinski definition) is 6. The summed E-state index contributed by atoms with van der Waals surface area (Å²) in [7, 11) is 0. The molecule has 0 unspecified atom stereocenters. The topological polar surface area (TPSA) is 76.6 Å². The van der Waals surface area contributed by atoms with Gasteiger partial charge in [0.1, 0.15) is 17.3 Å². The maximum atomic E-state index is 13.0. The molecule has 2 aliphatic rings. The monoisotopic (exact) mass is 382 g/mol. The normalized spacial score (nSPS) is 18.5. The zero-order valence-corrected chi connectivity index (χ0v) is 16.6. The van der Waals surface area contributed by atoms with Gasteiger partial charge in [-0.05, 0) is 38.0 Å². The molecule has 4 rings (SSSR count). The number of aryl methyl sites for hydroxylation is 2. The third-order valence-electron chi connectivity index (χ3n) is 5.55. The molecule has 2 saturated heterocycles. The van der Waals surface area contributed by atoms with E-state index in [1.54, 1.807) is 13.0 Å². The van der Waals surface area contributed by atoms with Crippen molar-refractivity contribution in [3.05, 3.63) is 46.9 Å². The van der Waals surface area contributed by atoms with E-state index < -0.39 is 5.79 Å². The van der Waals surface area contributed by atoms with E-state index >= 15 is 0 Å². The molecule has 1 amide bonds. The van der Waals surface area contributed by atoms with Gasteiger partial charge in [0.2, 0.25) is 0 Å². The van der Waals surface area contributed by atoms with Crippen LogP contribution >= 0.6 is 0 Å². The van der Waals surface area contributed by atoms with Crippen molar-refractivity contribution in [2.75, 3.05) is 31.6 Å². The number of carbonyl (C=O) groups is 1. The maximum absolute atomic E-state index is 13.0. The van der Waals surface area contributed by atoms with Crippen molar-refractivity contribution in [3.8, 4) is 0 Å². The smallest absolute Gasteiger partial charge is 0.272 e. The van der Waals surface area contributed by atoms with Crippen LogP contribution in [0.15, 0.2) is 24.3 Å². The van der Waals surface area contributed by atoms with Crippen LogP contribution in [0.1, 0.15) is 40.3 Å². The highest BCUT2D eigenvalue weighted by molar-refractivity contribution is 5.93. The van der Waals surface area contributed by atoms with E-state index in [-0.39, 0.29) is 5.91 Å². The minimum Gasteiger partial charge on any atom is -0.347 e. The first-order valence-electron chi connectivity index (χ1n) is 9.72. The van der Waals surface area contributed by atoms with Gasteiger partial charge in [-0.25, -0.2) is 9.97 Å². The number of amides is 1. The summed E-state index contributed by atoms with van der Waals surface area (Å²) >= 11 is 0. The summed E-state index contributed by atoms with van der Waals surface area (Å²) in [6.45, 7) is 8.40. The summed E-state index contributed by atoms with van der Waals surface area (Å²) < 4.78 is 11.5. The molecule has 2 aliphatic heterocycles. The van der Waals surface area contributed by atoms with Crippen molar-refractivity contribution in [1.29, 1.82) is 0 Å². The van der Waals surface area contributed by atoms with Crippen LogP contribution < -0.4 is 5.32 Å². The number of benzene rings is 1. The van der Waals surface area contributed by atoms with Crippen molar-refractivity contribution in [3.63, 3.8) is 0 Å². The fourth-order valence-electron chi connectivity index (χ4n) is 3.76. The molecule has 148 valence electrons. The van der Waals surface area contributed by atoms with Crippen molar-refractivity contribution in [2.45, 2.75) is 39.4 Å². The molecule has 0 bridgehead atoms. The van der Waals surface area contributed by atoms with Gasteiger partial charge in [-0.3, -0.25) is 4.79 Å². The van der Waals surface area contributed by atoms with Crippen molar-refractivity contribution in [2.24, 2.45) is 0 Å². The number of nitrogens with zero attached hydrogens (tertiary/aromatic N) is 3. The van der Waals surface area contributed by atoms with E-state index in [0.717, 1.165) is 11.3 Å². The summed E-state index contributed by atoms with van der Waals surface area (Å²) in [4.78, 5) is 23.7. The molecule has 7 nitrogen and oxygen atoms in total. The summed E-state index contributed by atoms with van der Waals surface area (Å²) in [5.74, 6) is 0.616. The lowest BCUT2D eigenvalue weighted by molar-refractivity contribution is -0.181. The number of ether oxygens (including phenoxy) is 2. The lowest BCUT2D eigenvalue weighted by atomic mass is 10.0. The van der Waals surface area contributed by atoms with Gasteiger partial charge in [0.15, 0.2) is 5.79 Å². The van der Waals surface area contributed by atoms with Gasteiger partial charge >= 0.3 is 0 Å². The molecule has 1 aromatic carbocycles. The van der Waals surface area contributed by atoms with Crippen molar-refractivity contribution in [1.82, 2.24) is 14.9 Å². The number of likely N-dealkylation sites (tertiary alicyclic amines) is 1. The standard InChI is InChI=1S/C21H26N4O3/c1-14-5-4-6-17(15(14)2)24-19-13-18(22-16(3)23-19)20(26)25-9-7-21(8-10-25)27-11-12-28-21/h4-6,13H,7-12H2,1-3H3,(H,22,23,24). The Morgan fingerprint density at radius 1 is 1.11 bits per heavy atom. The van der Waals surface area contributed by atoms with Crippen LogP contribution in [0, 0.1) is 20.8 Å². The molecule has 0 saturated carbocycles. The first kappa shape index (κ1) is 18.8. The Kier molecular flexibility index (Phi) is 5.03. The summed E-state index contributed by atoms with van der Waals surface area (Å²) in [6.07, 6.45) is 1.38. The highest BCUT2D eigenvalue weighted by atomic mass is 16.7. The largest absolute Gasteiger partial charge is 0.347 e. The molecule has 3 heterocycles. The lowest BCUT2D eigenvalue weighted by Gasteiger charge is -2.37. The van der Waals surface area contributed by atoms with E-state index in [2.05, 4.69) is 35.2 Å². The van der Waals surface area contributed by atoms with Gasteiger partial charge < -0.3 is 19.7 Å². The SMILES string of the molecule is Cc1nc(Nc2cccc(C)c2C)cc(C(=O)N2CCC3(CC2)OCCO3)n1. The second kappa shape index (κ2) is 7.48. The predicted octanol–water partition coefficient (Wildman–Crippen LogP) is 3.12. The van der Waals surface area contributed by atoms with Crippen molar-refractivity contribution < 1.29 is 14.3 Å². The van der Waals surface area contributed by atoms with E-state index in [0.29, 0.717) is 56.5 Å². The van der Waals surface area contributed by atoms with Crippen LogP contribution in [-0.4, -0.2) is 52.9 Å². The molecule has 1 aromatic heterocycles. The highest BCUT2D eigenvalue weighted by Crippen LogP contribution is 2.31. The molecule has 0 radical (unpaired) electrons. The second-order valence-corrected chi connectivity index (χ2v) is 7.46. The Morgan fingerprint density at radius 2 is 1.82 bits per heavy atom. The van der Waals surface area contributed by atoms with Gasteiger partial charge in [0.05, 0.1) is 13.2 Å². The Bertz CT molecular complexity index is 883. The third kappa shape index (κ3) is 3.72. The lowest BCUT2D eigenvalue weighted by Crippen LogP contribution is -2.47. The van der Waals surface area contributed by atoms with Gasteiger partial charge in [-0.1, -0.05) is 12.1 Å². The average molecular weight is 382 g/mol. The number of carbonyl (C=O) groups excluding carboxylic acids is 1.